The smallest absolute Gasteiger partial charge is 0.326 e. The van der Waals surface area contributed by atoms with E-state index in [2.05, 4.69) is 0 Å². The van der Waals surface area contributed by atoms with Crippen LogP contribution in [0.1, 0.15) is 44.4 Å². The van der Waals surface area contributed by atoms with Crippen LogP contribution in [0.4, 0.5) is 0 Å². The van der Waals surface area contributed by atoms with Crippen LogP contribution in [-0.4, -0.2) is 40.0 Å². The lowest BCUT2D eigenvalue weighted by atomic mass is 9.84. The molecule has 1 aliphatic heterocycles. The molecule has 0 aromatic rings. The highest BCUT2D eigenvalue weighted by Gasteiger charge is 2.47. The van der Waals surface area contributed by atoms with Gasteiger partial charge in [-0.15, -0.1) is 0 Å². The van der Waals surface area contributed by atoms with E-state index in [0.717, 1.165) is 24.2 Å². The summed E-state index contributed by atoms with van der Waals surface area (Å²) in [5.74, 6) is -2.22. The molecule has 17 heavy (non-hydrogen) atoms. The molecule has 1 heterocycles. The normalized spacial score (nSPS) is 40.3. The number of fused-ring (bicyclic) bond motifs is 1. The molecule has 2 rings (SSSR count). The Morgan fingerprint density at radius 2 is 2.24 bits per heavy atom. The first kappa shape index (κ1) is 8.08. The zero-order chi connectivity index (χ0) is 16.0. The minimum Gasteiger partial charge on any atom is -0.480 e. The van der Waals surface area contributed by atoms with Gasteiger partial charge >= 0.3 is 5.97 Å². The predicted molar refractivity (Wildman–Crippen MR) is 62.3 cm³/mol. The van der Waals surface area contributed by atoms with Crippen molar-refractivity contribution in [3.63, 3.8) is 0 Å². The fourth-order valence-electron chi connectivity index (χ4n) is 3.11. The average molecular weight is 244 g/mol. The molecule has 0 aromatic carbocycles. The van der Waals surface area contributed by atoms with Crippen LogP contribution < -0.4 is 5.73 Å². The molecule has 3 N–H and O–H groups in total. The third-order valence-electron chi connectivity index (χ3n) is 3.84. The van der Waals surface area contributed by atoms with Crippen LogP contribution in [0.15, 0.2) is 0 Å². The Labute approximate surface area is 107 Å². The van der Waals surface area contributed by atoms with E-state index in [-0.39, 0.29) is 12.0 Å². The molecule has 4 atom stereocenters. The van der Waals surface area contributed by atoms with E-state index in [4.69, 9.17) is 11.2 Å². The summed E-state index contributed by atoms with van der Waals surface area (Å²) in [6, 6.07) is -4.21. The maximum atomic E-state index is 12.5. The van der Waals surface area contributed by atoms with Crippen LogP contribution in [0.3, 0.4) is 0 Å². The molecule has 0 aromatic heterocycles. The summed E-state index contributed by atoms with van der Waals surface area (Å²) < 4.78 is 29.5. The number of carbonyl (C=O) groups excluding carboxylic acids is 1. The molecule has 1 unspecified atom stereocenters. The molecule has 1 saturated carbocycles. The van der Waals surface area contributed by atoms with Gasteiger partial charge in [-0.2, -0.15) is 0 Å². The van der Waals surface area contributed by atoms with Gasteiger partial charge in [-0.25, -0.2) is 4.79 Å². The summed E-state index contributed by atoms with van der Waals surface area (Å²) >= 11 is 0. The molecule has 5 heteroatoms. The van der Waals surface area contributed by atoms with Gasteiger partial charge in [0.15, 0.2) is 0 Å². The number of nitrogens with two attached hydrogens (primary N) is 1. The number of carboxylic acids is 1. The van der Waals surface area contributed by atoms with Crippen LogP contribution in [0.25, 0.3) is 0 Å². The number of carboxylic acid groups (broad SMARTS) is 1. The number of carbonyl (C=O) groups is 2. The Hall–Kier alpha value is -1.10. The molecule has 96 valence electrons. The zero-order valence-corrected chi connectivity index (χ0v) is 9.56. The Balaban J connectivity index is 2.33. The number of amides is 1. The van der Waals surface area contributed by atoms with Gasteiger partial charge in [0.05, 0.1) is 7.39 Å². The largest absolute Gasteiger partial charge is 0.480 e. The van der Waals surface area contributed by atoms with E-state index in [9.17, 15) is 14.7 Å². The van der Waals surface area contributed by atoms with Gasteiger partial charge in [-0.3, -0.25) is 4.79 Å². The summed E-state index contributed by atoms with van der Waals surface area (Å²) in [5.41, 5.74) is 5.42. The lowest BCUT2D eigenvalue weighted by Gasteiger charge is -2.33. The van der Waals surface area contributed by atoms with Crippen LogP contribution >= 0.6 is 0 Å². The van der Waals surface area contributed by atoms with Gasteiger partial charge in [0.1, 0.15) is 6.04 Å². The van der Waals surface area contributed by atoms with Gasteiger partial charge in [0.2, 0.25) is 5.91 Å². The van der Waals surface area contributed by atoms with Crippen molar-refractivity contribution in [1.82, 2.24) is 4.90 Å². The maximum absolute atomic E-state index is 12.5. The van der Waals surface area contributed by atoms with E-state index in [1.807, 2.05) is 0 Å². The number of hydrogen-bond donors (Lipinski definition) is 2. The molecule has 2 aliphatic rings. The number of rotatable bonds is 2. The van der Waals surface area contributed by atoms with Crippen molar-refractivity contribution >= 4 is 11.9 Å². The number of likely N-dealkylation sites (tertiary alicyclic amines) is 1. The Bertz CT molecular complexity index is 452. The van der Waals surface area contributed by atoms with Gasteiger partial charge < -0.3 is 15.7 Å². The van der Waals surface area contributed by atoms with Crippen molar-refractivity contribution in [3.8, 4) is 0 Å². The van der Waals surface area contributed by atoms with Crippen molar-refractivity contribution < 1.29 is 20.2 Å². The van der Waals surface area contributed by atoms with Crippen molar-refractivity contribution in [2.75, 3.05) is 0 Å². The van der Waals surface area contributed by atoms with E-state index < -0.39 is 30.8 Å². The highest BCUT2D eigenvalue weighted by molar-refractivity contribution is 5.87. The minimum atomic E-state index is -3.00. The first-order chi connectivity index (χ1) is 9.57. The monoisotopic (exact) mass is 244 g/mol. The second kappa shape index (κ2) is 4.64. The molecule has 0 bridgehead atoms. The fraction of sp³-hybridized carbons (Fsp3) is 0.833. The molecule has 1 saturated heterocycles. The lowest BCUT2D eigenvalue weighted by Crippen LogP contribution is -2.51. The molecule has 0 radical (unpaired) electrons. The molecular formula is C12H20N2O3. The van der Waals surface area contributed by atoms with Crippen molar-refractivity contribution in [2.45, 2.75) is 57.1 Å². The van der Waals surface area contributed by atoms with Gasteiger partial charge in [-0.1, -0.05) is 12.8 Å². The summed E-state index contributed by atoms with van der Waals surface area (Å²) in [4.78, 5) is 24.9. The van der Waals surface area contributed by atoms with Crippen molar-refractivity contribution in [1.29, 1.82) is 0 Å². The second-order valence-electron chi connectivity index (χ2n) is 4.83. The SMILES string of the molecule is [2H]C([2H])([2H])[C@]([2H])(N)C(=O)N1C(C(=O)O)C[C@H]2CCCC[C@H]21. The molecule has 5 nitrogen and oxygen atoms in total. The summed E-state index contributed by atoms with van der Waals surface area (Å²) in [6.07, 6.45) is 3.60. The number of nitrogens with zero attached hydrogens (tertiary/aromatic N) is 1. The highest BCUT2D eigenvalue weighted by Crippen LogP contribution is 2.39. The van der Waals surface area contributed by atoms with E-state index in [1.165, 1.54) is 0 Å². The first-order valence-corrected chi connectivity index (χ1v) is 5.92. The molecule has 2 fully saturated rings. The van der Waals surface area contributed by atoms with Gasteiger partial charge in [0.25, 0.3) is 0 Å². The highest BCUT2D eigenvalue weighted by atomic mass is 16.4. The Morgan fingerprint density at radius 3 is 2.88 bits per heavy atom. The third-order valence-corrected chi connectivity index (χ3v) is 3.84. The third kappa shape index (κ3) is 2.16. The quantitative estimate of drug-likeness (QED) is 0.744. The summed E-state index contributed by atoms with van der Waals surface area (Å²) in [7, 11) is 0. The van der Waals surface area contributed by atoms with E-state index >= 15 is 0 Å². The van der Waals surface area contributed by atoms with Crippen LogP contribution in [-0.2, 0) is 9.59 Å². The average Bonchev–Trinajstić information content (AvgIpc) is 2.75. The zero-order valence-electron chi connectivity index (χ0n) is 13.6. The second-order valence-corrected chi connectivity index (χ2v) is 4.83. The molecule has 1 amide bonds. The van der Waals surface area contributed by atoms with Gasteiger partial charge in [0, 0.05) is 10.2 Å². The maximum Gasteiger partial charge on any atom is 0.326 e. The van der Waals surface area contributed by atoms with Gasteiger partial charge in [-0.05, 0) is 32.0 Å². The standard InChI is InChI=1S/C12H20N2O3/c1-7(13)11(15)14-9-5-3-2-4-8(9)6-10(14)12(16)17/h7-10H,2-6,13H2,1H3,(H,16,17)/t7-,8+,9+,10?/m0/s1/i1D3,7D. The fourth-order valence-corrected chi connectivity index (χ4v) is 3.11. The van der Waals surface area contributed by atoms with Crippen LogP contribution in [0, 0.1) is 5.92 Å². The topological polar surface area (TPSA) is 83.6 Å². The van der Waals surface area contributed by atoms with Crippen LogP contribution in [0.5, 0.6) is 0 Å². The van der Waals surface area contributed by atoms with Crippen molar-refractivity contribution in [3.05, 3.63) is 0 Å². The summed E-state index contributed by atoms with van der Waals surface area (Å²) in [6.45, 7) is -3.00. The number of aliphatic carboxylic acids is 1. The lowest BCUT2D eigenvalue weighted by molar-refractivity contribution is -0.150. The van der Waals surface area contributed by atoms with Crippen molar-refractivity contribution in [2.24, 2.45) is 11.7 Å². The van der Waals surface area contributed by atoms with E-state index in [1.54, 1.807) is 0 Å². The first-order valence-electron chi connectivity index (χ1n) is 7.92. The Kier molecular flexibility index (Phi) is 2.21. The molecule has 1 aliphatic carbocycles. The molecular weight excluding hydrogens is 220 g/mol. The minimum absolute atomic E-state index is 0.0520. The van der Waals surface area contributed by atoms with Crippen LogP contribution in [0.2, 0.25) is 0 Å². The number of hydrogen-bond acceptors (Lipinski definition) is 3. The Morgan fingerprint density at radius 1 is 1.53 bits per heavy atom. The predicted octanol–water partition coefficient (Wildman–Crippen LogP) is 0.578. The molecule has 0 spiro atoms. The van der Waals surface area contributed by atoms with E-state index in [0.29, 0.717) is 12.8 Å². The summed E-state index contributed by atoms with van der Waals surface area (Å²) in [5, 5.41) is 9.31.